The predicted molar refractivity (Wildman–Crippen MR) is 121 cm³/mol. The second kappa shape index (κ2) is 9.96. The molecule has 0 spiro atoms. The zero-order valence-electron chi connectivity index (χ0n) is 18.5. The highest BCUT2D eigenvalue weighted by atomic mass is 35.5. The van der Waals surface area contributed by atoms with Gasteiger partial charge in [-0.1, -0.05) is 31.0 Å². The fourth-order valence-corrected chi connectivity index (χ4v) is 4.04. The number of likely N-dealkylation sites (tertiary alicyclic amines) is 1. The molecule has 8 heteroatoms. The van der Waals surface area contributed by atoms with Crippen molar-refractivity contribution in [3.05, 3.63) is 58.1 Å². The van der Waals surface area contributed by atoms with Gasteiger partial charge in [-0.15, -0.1) is 0 Å². The van der Waals surface area contributed by atoms with E-state index in [-0.39, 0.29) is 16.4 Å². The average Bonchev–Trinajstić information content (AvgIpc) is 3.06. The van der Waals surface area contributed by atoms with Crippen molar-refractivity contribution in [1.82, 2.24) is 4.90 Å². The van der Waals surface area contributed by atoms with Crippen LogP contribution in [0.25, 0.3) is 5.76 Å². The number of Topliss-reactive ketones (excluding diaryl/α,β-unsaturated/α-hetero) is 1. The quantitative estimate of drug-likeness (QED) is 0.353. The number of carbonyl (C=O) groups excluding carboxylic acids is 2. The van der Waals surface area contributed by atoms with Crippen LogP contribution in [0.15, 0.2) is 42.0 Å². The van der Waals surface area contributed by atoms with Gasteiger partial charge in [0.25, 0.3) is 11.7 Å². The number of methoxy groups -OCH3 is 3. The van der Waals surface area contributed by atoms with Crippen LogP contribution in [0.5, 0.6) is 17.2 Å². The molecule has 0 bridgehead atoms. The van der Waals surface area contributed by atoms with Crippen molar-refractivity contribution < 1.29 is 28.9 Å². The first-order chi connectivity index (χ1) is 15.4. The summed E-state index contributed by atoms with van der Waals surface area (Å²) < 4.78 is 15.9. The number of benzene rings is 2. The minimum Gasteiger partial charge on any atom is -0.507 e. The number of aliphatic hydroxyl groups excluding tert-OH is 1. The maximum absolute atomic E-state index is 13.0. The van der Waals surface area contributed by atoms with Gasteiger partial charge in [-0.25, -0.2) is 0 Å². The first kappa shape index (κ1) is 23.5. The number of aliphatic hydroxyl groups is 1. The minimum absolute atomic E-state index is 0.000411. The third kappa shape index (κ3) is 4.25. The molecule has 1 unspecified atom stereocenters. The Bertz CT molecular complexity index is 1060. The van der Waals surface area contributed by atoms with Gasteiger partial charge in [0.2, 0.25) is 0 Å². The van der Waals surface area contributed by atoms with Crippen LogP contribution in [0.2, 0.25) is 5.02 Å². The van der Waals surface area contributed by atoms with Gasteiger partial charge < -0.3 is 24.2 Å². The van der Waals surface area contributed by atoms with E-state index in [0.717, 1.165) is 6.42 Å². The number of hydrogen-bond acceptors (Lipinski definition) is 6. The molecule has 1 aliphatic rings. The second-order valence-corrected chi connectivity index (χ2v) is 7.72. The number of ketones is 1. The summed E-state index contributed by atoms with van der Waals surface area (Å²) in [5, 5.41) is 11.4. The molecule has 0 aliphatic carbocycles. The number of amides is 1. The number of unbranched alkanes of at least 4 members (excludes halogenated alkanes) is 1. The van der Waals surface area contributed by atoms with Gasteiger partial charge in [0.05, 0.1) is 38.0 Å². The second-order valence-electron chi connectivity index (χ2n) is 7.31. The van der Waals surface area contributed by atoms with Crippen molar-refractivity contribution in [2.24, 2.45) is 0 Å². The van der Waals surface area contributed by atoms with Gasteiger partial charge in [-0.2, -0.15) is 0 Å². The monoisotopic (exact) mass is 459 g/mol. The fourth-order valence-electron chi connectivity index (χ4n) is 3.78. The van der Waals surface area contributed by atoms with Gasteiger partial charge in [0.15, 0.2) is 11.5 Å². The Hall–Kier alpha value is -3.19. The van der Waals surface area contributed by atoms with Crippen LogP contribution in [0.3, 0.4) is 0 Å². The number of halogens is 1. The Morgan fingerprint density at radius 2 is 1.66 bits per heavy atom. The molecular weight excluding hydrogens is 434 g/mol. The van der Waals surface area contributed by atoms with Crippen LogP contribution in [-0.4, -0.2) is 49.6 Å². The number of rotatable bonds is 8. The number of nitrogens with zero attached hydrogens (tertiary/aromatic N) is 1. The van der Waals surface area contributed by atoms with Crippen LogP contribution in [0, 0.1) is 0 Å². The third-order valence-corrected chi connectivity index (χ3v) is 5.74. The summed E-state index contributed by atoms with van der Waals surface area (Å²) in [5.74, 6) is -0.290. The standard InChI is InChI=1S/C24H26ClNO6/c1-5-6-11-26-21(14-7-10-18(31-3)19(13-14)32-4)20(23(28)24(26)29)22(27)15-8-9-17(30-2)16(25)12-15/h7-10,12-13,21,27H,5-6,11H2,1-4H3/b22-20-. The molecule has 0 radical (unpaired) electrons. The highest BCUT2D eigenvalue weighted by Crippen LogP contribution is 2.42. The normalized spacial score (nSPS) is 17.5. The lowest BCUT2D eigenvalue weighted by atomic mass is 9.95. The molecule has 7 nitrogen and oxygen atoms in total. The lowest BCUT2D eigenvalue weighted by molar-refractivity contribution is -0.139. The minimum atomic E-state index is -0.776. The molecule has 0 saturated carbocycles. The van der Waals surface area contributed by atoms with Crippen molar-refractivity contribution >= 4 is 29.1 Å². The first-order valence-corrected chi connectivity index (χ1v) is 10.6. The van der Waals surface area contributed by atoms with E-state index in [1.165, 1.54) is 32.3 Å². The van der Waals surface area contributed by atoms with Crippen LogP contribution in [0.1, 0.15) is 36.9 Å². The summed E-state index contributed by atoms with van der Waals surface area (Å²) in [6, 6.07) is 9.08. The van der Waals surface area contributed by atoms with Crippen LogP contribution < -0.4 is 14.2 Å². The third-order valence-electron chi connectivity index (χ3n) is 5.44. The molecular formula is C24H26ClNO6. The average molecular weight is 460 g/mol. The summed E-state index contributed by atoms with van der Waals surface area (Å²) in [6.45, 7) is 2.38. The highest BCUT2D eigenvalue weighted by Gasteiger charge is 2.46. The van der Waals surface area contributed by atoms with E-state index >= 15 is 0 Å². The zero-order chi connectivity index (χ0) is 23.4. The summed E-state index contributed by atoms with van der Waals surface area (Å²) in [6.07, 6.45) is 1.56. The Kier molecular flexibility index (Phi) is 7.30. The van der Waals surface area contributed by atoms with E-state index < -0.39 is 17.7 Å². The van der Waals surface area contributed by atoms with Gasteiger partial charge >= 0.3 is 0 Å². The first-order valence-electron chi connectivity index (χ1n) is 10.2. The fraction of sp³-hybridized carbons (Fsp3) is 0.333. The molecule has 1 amide bonds. The van der Waals surface area contributed by atoms with Crippen molar-refractivity contribution in [3.63, 3.8) is 0 Å². The molecule has 2 aromatic rings. The van der Waals surface area contributed by atoms with Gasteiger partial charge in [-0.05, 0) is 42.3 Å². The number of carbonyl (C=O) groups is 2. The van der Waals surface area contributed by atoms with E-state index in [9.17, 15) is 14.7 Å². The molecule has 1 saturated heterocycles. The topological polar surface area (TPSA) is 85.3 Å². The summed E-state index contributed by atoms with van der Waals surface area (Å²) in [7, 11) is 4.52. The van der Waals surface area contributed by atoms with Crippen molar-refractivity contribution in [1.29, 1.82) is 0 Å². The molecule has 0 aromatic heterocycles. The Labute approximate surface area is 192 Å². The van der Waals surface area contributed by atoms with E-state index in [4.69, 9.17) is 25.8 Å². The Balaban J connectivity index is 2.20. The van der Waals surface area contributed by atoms with Crippen LogP contribution >= 0.6 is 11.6 Å². The Morgan fingerprint density at radius 1 is 1.00 bits per heavy atom. The van der Waals surface area contributed by atoms with Gasteiger partial charge in [0.1, 0.15) is 11.5 Å². The van der Waals surface area contributed by atoms with Crippen molar-refractivity contribution in [2.45, 2.75) is 25.8 Å². The van der Waals surface area contributed by atoms with Crippen molar-refractivity contribution in [3.8, 4) is 17.2 Å². The molecule has 1 heterocycles. The van der Waals surface area contributed by atoms with Crippen molar-refractivity contribution in [2.75, 3.05) is 27.9 Å². The van der Waals surface area contributed by atoms with Crippen LogP contribution in [0.4, 0.5) is 0 Å². The van der Waals surface area contributed by atoms with Crippen LogP contribution in [-0.2, 0) is 9.59 Å². The molecule has 1 aliphatic heterocycles. The van der Waals surface area contributed by atoms with E-state index in [1.807, 2.05) is 6.92 Å². The molecule has 3 rings (SSSR count). The Morgan fingerprint density at radius 3 is 2.25 bits per heavy atom. The van der Waals surface area contributed by atoms with Gasteiger partial charge in [-0.3, -0.25) is 9.59 Å². The SMILES string of the molecule is CCCCN1C(=O)C(=O)/C(=C(\O)c2ccc(OC)c(Cl)c2)C1c1ccc(OC)c(OC)c1. The number of hydrogen-bond donors (Lipinski definition) is 1. The molecule has 32 heavy (non-hydrogen) atoms. The number of ether oxygens (including phenoxy) is 3. The molecule has 1 N–H and O–H groups in total. The molecule has 1 fully saturated rings. The zero-order valence-corrected chi connectivity index (χ0v) is 19.2. The lowest BCUT2D eigenvalue weighted by Crippen LogP contribution is -2.30. The maximum atomic E-state index is 13.0. The predicted octanol–water partition coefficient (Wildman–Crippen LogP) is 4.59. The summed E-state index contributed by atoms with van der Waals surface area (Å²) in [4.78, 5) is 27.4. The maximum Gasteiger partial charge on any atom is 0.295 e. The summed E-state index contributed by atoms with van der Waals surface area (Å²) in [5.41, 5.74) is 0.938. The summed E-state index contributed by atoms with van der Waals surface area (Å²) >= 11 is 6.22. The molecule has 2 aromatic carbocycles. The van der Waals surface area contributed by atoms with E-state index in [0.29, 0.717) is 41.3 Å². The largest absolute Gasteiger partial charge is 0.507 e. The van der Waals surface area contributed by atoms with Gasteiger partial charge in [0, 0.05) is 12.1 Å². The lowest BCUT2D eigenvalue weighted by Gasteiger charge is -2.26. The molecule has 170 valence electrons. The highest BCUT2D eigenvalue weighted by molar-refractivity contribution is 6.46. The smallest absolute Gasteiger partial charge is 0.295 e. The van der Waals surface area contributed by atoms with E-state index in [1.54, 1.807) is 30.3 Å². The van der Waals surface area contributed by atoms with E-state index in [2.05, 4.69) is 0 Å². The molecule has 1 atom stereocenters.